The lowest BCUT2D eigenvalue weighted by Gasteiger charge is -2.05. The van der Waals surface area contributed by atoms with E-state index < -0.39 is 0 Å². The van der Waals surface area contributed by atoms with Gasteiger partial charge in [-0.15, -0.1) is 0 Å². The highest BCUT2D eigenvalue weighted by Gasteiger charge is 2.05. The molecule has 2 N–H and O–H groups in total. The van der Waals surface area contributed by atoms with E-state index in [-0.39, 0.29) is 5.91 Å². The number of aromatic nitrogens is 2. The molecule has 16 heavy (non-hydrogen) atoms. The lowest BCUT2D eigenvalue weighted by molar-refractivity contribution is -0.120. The van der Waals surface area contributed by atoms with Crippen LogP contribution in [0, 0.1) is 6.92 Å². The number of carbonyl (C=O) groups is 1. The molecule has 0 aliphatic carbocycles. The summed E-state index contributed by atoms with van der Waals surface area (Å²) in [4.78, 5) is 11.4. The fourth-order valence-corrected chi connectivity index (χ4v) is 1.46. The fourth-order valence-electron chi connectivity index (χ4n) is 1.46. The minimum Gasteiger partial charge on any atom is -0.351 e. The molecular weight excluding hydrogens is 204 g/mol. The molecule has 0 aliphatic rings. The van der Waals surface area contributed by atoms with Crippen molar-refractivity contribution in [3.05, 3.63) is 17.5 Å². The second-order valence-electron chi connectivity index (χ2n) is 3.87. The molecule has 0 radical (unpaired) electrons. The molecule has 0 unspecified atom stereocenters. The van der Waals surface area contributed by atoms with Crippen molar-refractivity contribution in [1.29, 1.82) is 0 Å². The Morgan fingerprint density at radius 2 is 2.31 bits per heavy atom. The summed E-state index contributed by atoms with van der Waals surface area (Å²) >= 11 is 0. The van der Waals surface area contributed by atoms with Crippen molar-refractivity contribution in [2.45, 2.75) is 26.8 Å². The van der Waals surface area contributed by atoms with Gasteiger partial charge in [-0.25, -0.2) is 0 Å². The van der Waals surface area contributed by atoms with Crippen molar-refractivity contribution in [1.82, 2.24) is 20.4 Å². The maximum atomic E-state index is 11.4. The van der Waals surface area contributed by atoms with Gasteiger partial charge in [0.15, 0.2) is 0 Å². The monoisotopic (exact) mass is 224 g/mol. The molecule has 5 heteroatoms. The second kappa shape index (κ2) is 6.27. The van der Waals surface area contributed by atoms with Gasteiger partial charge < -0.3 is 10.6 Å². The molecule has 0 aromatic carbocycles. The van der Waals surface area contributed by atoms with Crippen LogP contribution in [0.3, 0.4) is 0 Å². The van der Waals surface area contributed by atoms with Crippen molar-refractivity contribution in [3.63, 3.8) is 0 Å². The summed E-state index contributed by atoms with van der Waals surface area (Å²) in [5.74, 6) is 0.0247. The molecule has 0 saturated heterocycles. The SMILES string of the molecule is CCCNCC(=O)NCc1cn(C)nc1C. The molecule has 0 atom stereocenters. The van der Waals surface area contributed by atoms with Gasteiger partial charge in [-0.05, 0) is 19.9 Å². The summed E-state index contributed by atoms with van der Waals surface area (Å²) in [7, 11) is 1.88. The van der Waals surface area contributed by atoms with E-state index in [9.17, 15) is 4.79 Å². The molecule has 0 aliphatic heterocycles. The molecule has 1 heterocycles. The van der Waals surface area contributed by atoms with Gasteiger partial charge in [0.2, 0.25) is 5.91 Å². The number of nitrogens with zero attached hydrogens (tertiary/aromatic N) is 2. The van der Waals surface area contributed by atoms with Crippen LogP contribution in [-0.2, 0) is 18.4 Å². The minimum absolute atomic E-state index is 0.0247. The van der Waals surface area contributed by atoms with Gasteiger partial charge in [0, 0.05) is 25.4 Å². The van der Waals surface area contributed by atoms with Crippen LogP contribution in [0.2, 0.25) is 0 Å². The average molecular weight is 224 g/mol. The van der Waals surface area contributed by atoms with E-state index in [1.165, 1.54) is 0 Å². The van der Waals surface area contributed by atoms with E-state index in [4.69, 9.17) is 0 Å². The van der Waals surface area contributed by atoms with Crippen LogP contribution >= 0.6 is 0 Å². The zero-order chi connectivity index (χ0) is 12.0. The normalized spacial score (nSPS) is 10.4. The van der Waals surface area contributed by atoms with E-state index in [0.29, 0.717) is 13.1 Å². The Bertz CT molecular complexity index is 346. The minimum atomic E-state index is 0.0247. The zero-order valence-electron chi connectivity index (χ0n) is 10.2. The summed E-state index contributed by atoms with van der Waals surface area (Å²) in [6.07, 6.45) is 2.96. The van der Waals surface area contributed by atoms with Crippen LogP contribution < -0.4 is 10.6 Å². The van der Waals surface area contributed by atoms with Crippen molar-refractivity contribution >= 4 is 5.91 Å². The number of rotatable bonds is 6. The number of nitrogens with one attached hydrogen (secondary N) is 2. The van der Waals surface area contributed by atoms with Gasteiger partial charge >= 0.3 is 0 Å². The standard InChI is InChI=1S/C11H20N4O/c1-4-5-12-7-11(16)13-6-10-8-15(3)14-9(10)2/h8,12H,4-7H2,1-3H3,(H,13,16). The molecular formula is C11H20N4O. The van der Waals surface area contributed by atoms with Gasteiger partial charge in [0.25, 0.3) is 0 Å². The third kappa shape index (κ3) is 4.02. The van der Waals surface area contributed by atoms with Gasteiger partial charge in [-0.3, -0.25) is 9.48 Å². The first kappa shape index (κ1) is 12.7. The second-order valence-corrected chi connectivity index (χ2v) is 3.87. The predicted octanol–water partition coefficient (Wildman–Crippen LogP) is 0.344. The Morgan fingerprint density at radius 1 is 1.56 bits per heavy atom. The lowest BCUT2D eigenvalue weighted by atomic mass is 10.2. The molecule has 1 aromatic rings. The maximum absolute atomic E-state index is 11.4. The number of aryl methyl sites for hydroxylation is 2. The molecule has 0 saturated carbocycles. The van der Waals surface area contributed by atoms with E-state index in [1.54, 1.807) is 4.68 Å². The number of hydrogen-bond donors (Lipinski definition) is 2. The highest BCUT2D eigenvalue weighted by atomic mass is 16.1. The van der Waals surface area contributed by atoms with E-state index in [0.717, 1.165) is 24.2 Å². The van der Waals surface area contributed by atoms with Gasteiger partial charge in [-0.2, -0.15) is 5.10 Å². The first-order valence-electron chi connectivity index (χ1n) is 5.60. The smallest absolute Gasteiger partial charge is 0.234 e. The van der Waals surface area contributed by atoms with Crippen LogP contribution in [0.1, 0.15) is 24.6 Å². The van der Waals surface area contributed by atoms with Gasteiger partial charge in [0.1, 0.15) is 0 Å². The average Bonchev–Trinajstić information content (AvgIpc) is 2.55. The Labute approximate surface area is 96.2 Å². The summed E-state index contributed by atoms with van der Waals surface area (Å²) in [5, 5.41) is 10.1. The summed E-state index contributed by atoms with van der Waals surface area (Å²) < 4.78 is 1.76. The Balaban J connectivity index is 2.29. The highest BCUT2D eigenvalue weighted by Crippen LogP contribution is 2.03. The summed E-state index contributed by atoms with van der Waals surface area (Å²) in [6, 6.07) is 0. The van der Waals surface area contributed by atoms with Crippen molar-refractivity contribution in [2.75, 3.05) is 13.1 Å². The molecule has 0 fully saturated rings. The van der Waals surface area contributed by atoms with E-state index >= 15 is 0 Å². The van der Waals surface area contributed by atoms with Crippen molar-refractivity contribution in [3.8, 4) is 0 Å². The summed E-state index contributed by atoms with van der Waals surface area (Å²) in [5.41, 5.74) is 2.02. The van der Waals surface area contributed by atoms with Crippen LogP contribution in [0.4, 0.5) is 0 Å². The first-order chi connectivity index (χ1) is 7.63. The molecule has 1 amide bonds. The largest absolute Gasteiger partial charge is 0.351 e. The lowest BCUT2D eigenvalue weighted by Crippen LogP contribution is -2.33. The fraction of sp³-hybridized carbons (Fsp3) is 0.636. The third-order valence-corrected chi connectivity index (χ3v) is 2.30. The molecule has 0 spiro atoms. The topological polar surface area (TPSA) is 59.0 Å². The Kier molecular flexibility index (Phi) is 4.98. The Hall–Kier alpha value is -1.36. The van der Waals surface area contributed by atoms with Crippen molar-refractivity contribution in [2.24, 2.45) is 7.05 Å². The van der Waals surface area contributed by atoms with Crippen LogP contribution in [0.5, 0.6) is 0 Å². The van der Waals surface area contributed by atoms with Crippen LogP contribution in [0.25, 0.3) is 0 Å². The predicted molar refractivity (Wildman–Crippen MR) is 63.0 cm³/mol. The zero-order valence-corrected chi connectivity index (χ0v) is 10.2. The molecule has 1 aromatic heterocycles. The highest BCUT2D eigenvalue weighted by molar-refractivity contribution is 5.77. The number of amides is 1. The van der Waals surface area contributed by atoms with E-state index in [2.05, 4.69) is 22.7 Å². The van der Waals surface area contributed by atoms with E-state index in [1.807, 2.05) is 20.2 Å². The number of carbonyl (C=O) groups excluding carboxylic acids is 1. The first-order valence-corrected chi connectivity index (χ1v) is 5.60. The molecule has 5 nitrogen and oxygen atoms in total. The summed E-state index contributed by atoms with van der Waals surface area (Å²) in [6.45, 7) is 5.82. The molecule has 90 valence electrons. The Morgan fingerprint density at radius 3 is 2.88 bits per heavy atom. The third-order valence-electron chi connectivity index (χ3n) is 2.30. The van der Waals surface area contributed by atoms with Crippen LogP contribution in [-0.4, -0.2) is 28.8 Å². The van der Waals surface area contributed by atoms with Gasteiger partial charge in [-0.1, -0.05) is 6.92 Å². The quantitative estimate of drug-likeness (QED) is 0.685. The van der Waals surface area contributed by atoms with Crippen LogP contribution in [0.15, 0.2) is 6.20 Å². The molecule has 1 rings (SSSR count). The number of hydrogen-bond acceptors (Lipinski definition) is 3. The molecule has 0 bridgehead atoms. The maximum Gasteiger partial charge on any atom is 0.234 e. The van der Waals surface area contributed by atoms with Crippen molar-refractivity contribution < 1.29 is 4.79 Å². The van der Waals surface area contributed by atoms with Gasteiger partial charge in [0.05, 0.1) is 12.2 Å².